The van der Waals surface area contributed by atoms with Gasteiger partial charge in [-0.15, -0.1) is 5.10 Å². The van der Waals surface area contributed by atoms with Crippen molar-refractivity contribution in [2.75, 3.05) is 6.54 Å². The molecule has 1 saturated heterocycles. The van der Waals surface area contributed by atoms with Gasteiger partial charge in [-0.05, 0) is 37.4 Å². The number of hydrogen-bond donors (Lipinski definition) is 1. The first-order valence-corrected chi connectivity index (χ1v) is 7.96. The summed E-state index contributed by atoms with van der Waals surface area (Å²) in [5.41, 5.74) is 2.23. The van der Waals surface area contributed by atoms with Gasteiger partial charge in [-0.25, -0.2) is 4.68 Å². The summed E-state index contributed by atoms with van der Waals surface area (Å²) in [4.78, 5) is 0. The van der Waals surface area contributed by atoms with Crippen LogP contribution >= 0.6 is 0 Å². The second kappa shape index (κ2) is 5.98. The summed E-state index contributed by atoms with van der Waals surface area (Å²) in [6, 6.07) is 10.3. The lowest BCUT2D eigenvalue weighted by molar-refractivity contribution is 0.219. The fourth-order valence-corrected chi connectivity index (χ4v) is 3.41. The summed E-state index contributed by atoms with van der Waals surface area (Å²) in [6.45, 7) is 5.65. The van der Waals surface area contributed by atoms with Gasteiger partial charge in [0.2, 0.25) is 0 Å². The first-order chi connectivity index (χ1) is 10.2. The van der Waals surface area contributed by atoms with Crippen molar-refractivity contribution in [2.45, 2.75) is 45.1 Å². The minimum atomic E-state index is -0.0319. The van der Waals surface area contributed by atoms with Gasteiger partial charge in [-0.3, -0.25) is 0 Å². The lowest BCUT2D eigenvalue weighted by Gasteiger charge is -2.37. The van der Waals surface area contributed by atoms with Gasteiger partial charge in [0.05, 0.1) is 23.1 Å². The van der Waals surface area contributed by atoms with Crippen molar-refractivity contribution in [3.63, 3.8) is 0 Å². The van der Waals surface area contributed by atoms with E-state index in [9.17, 15) is 0 Å². The van der Waals surface area contributed by atoms with E-state index in [1.54, 1.807) is 0 Å². The zero-order chi connectivity index (χ0) is 14.7. The highest BCUT2D eigenvalue weighted by atomic mass is 15.4. The molecule has 0 amide bonds. The zero-order valence-corrected chi connectivity index (χ0v) is 12.9. The lowest BCUT2D eigenvalue weighted by Crippen LogP contribution is -2.47. The largest absolute Gasteiger partial charge is 0.306 e. The highest BCUT2D eigenvalue weighted by Gasteiger charge is 2.39. The molecule has 0 saturated carbocycles. The molecule has 0 spiro atoms. The van der Waals surface area contributed by atoms with Crippen LogP contribution in [0.2, 0.25) is 0 Å². The molecule has 2 heterocycles. The molecule has 21 heavy (non-hydrogen) atoms. The molecule has 1 aromatic heterocycles. The van der Waals surface area contributed by atoms with E-state index in [0.29, 0.717) is 5.92 Å². The van der Waals surface area contributed by atoms with Crippen molar-refractivity contribution in [2.24, 2.45) is 5.92 Å². The molecule has 1 aliphatic heterocycles. The minimum absolute atomic E-state index is 0.0319. The molecular weight excluding hydrogens is 260 g/mol. The van der Waals surface area contributed by atoms with Gasteiger partial charge in [-0.1, -0.05) is 50.1 Å². The van der Waals surface area contributed by atoms with Gasteiger partial charge in [0, 0.05) is 0 Å². The first kappa shape index (κ1) is 14.3. The van der Waals surface area contributed by atoms with Gasteiger partial charge in [0.1, 0.15) is 0 Å². The number of hydrogen-bond acceptors (Lipinski definition) is 3. The number of para-hydroxylation sites is 1. The van der Waals surface area contributed by atoms with Crippen LogP contribution in [0.15, 0.2) is 36.5 Å². The fourth-order valence-electron chi connectivity index (χ4n) is 3.41. The van der Waals surface area contributed by atoms with E-state index in [4.69, 9.17) is 0 Å². The standard InChI is InChI=1S/C17H24N4/c1-14(2)17(11-7-4-8-12-18-17)16-13-19-20-21(16)15-9-5-3-6-10-15/h3,5-6,9-10,13-14,18H,4,7-8,11-12H2,1-2H3. The van der Waals surface area contributed by atoms with Crippen LogP contribution in [0.3, 0.4) is 0 Å². The van der Waals surface area contributed by atoms with Gasteiger partial charge in [0.25, 0.3) is 0 Å². The maximum atomic E-state index is 4.35. The molecule has 1 unspecified atom stereocenters. The molecule has 1 aliphatic rings. The van der Waals surface area contributed by atoms with Crippen LogP contribution in [0.5, 0.6) is 0 Å². The molecule has 1 N–H and O–H groups in total. The van der Waals surface area contributed by atoms with E-state index < -0.39 is 0 Å². The third-order valence-electron chi connectivity index (χ3n) is 4.68. The van der Waals surface area contributed by atoms with E-state index in [0.717, 1.165) is 18.7 Å². The smallest absolute Gasteiger partial charge is 0.0849 e. The van der Waals surface area contributed by atoms with Crippen molar-refractivity contribution >= 4 is 0 Å². The lowest BCUT2D eigenvalue weighted by atomic mass is 9.79. The summed E-state index contributed by atoms with van der Waals surface area (Å²) < 4.78 is 2.00. The van der Waals surface area contributed by atoms with Crippen LogP contribution < -0.4 is 5.32 Å². The number of benzene rings is 1. The Bertz CT molecular complexity index is 565. The van der Waals surface area contributed by atoms with Crippen LogP contribution in [0, 0.1) is 5.92 Å². The first-order valence-electron chi connectivity index (χ1n) is 7.96. The Morgan fingerprint density at radius 2 is 1.95 bits per heavy atom. The van der Waals surface area contributed by atoms with Crippen molar-refractivity contribution < 1.29 is 0 Å². The monoisotopic (exact) mass is 284 g/mol. The second-order valence-electron chi connectivity index (χ2n) is 6.23. The molecule has 1 aromatic carbocycles. The summed E-state index contributed by atoms with van der Waals surface area (Å²) in [6.07, 6.45) is 6.89. The molecule has 4 heteroatoms. The molecule has 2 aromatic rings. The highest BCUT2D eigenvalue weighted by molar-refractivity contribution is 5.33. The Hall–Kier alpha value is -1.68. The van der Waals surface area contributed by atoms with E-state index in [1.165, 1.54) is 25.0 Å². The summed E-state index contributed by atoms with van der Waals surface area (Å²) in [5, 5.41) is 12.4. The van der Waals surface area contributed by atoms with E-state index in [1.807, 2.05) is 29.1 Å². The number of aromatic nitrogens is 3. The SMILES string of the molecule is CC(C)C1(c2cnnn2-c2ccccc2)CCCCCN1. The molecule has 112 valence electrons. The Balaban J connectivity index is 2.07. The van der Waals surface area contributed by atoms with Crippen LogP contribution in [0.1, 0.15) is 45.2 Å². The van der Waals surface area contributed by atoms with Crippen LogP contribution in [-0.4, -0.2) is 21.5 Å². The average molecular weight is 284 g/mol. The van der Waals surface area contributed by atoms with Crippen LogP contribution in [-0.2, 0) is 5.54 Å². The summed E-state index contributed by atoms with van der Waals surface area (Å²) in [5.74, 6) is 0.497. The predicted molar refractivity (Wildman–Crippen MR) is 84.3 cm³/mol. The fraction of sp³-hybridized carbons (Fsp3) is 0.529. The number of nitrogens with one attached hydrogen (secondary N) is 1. The van der Waals surface area contributed by atoms with Crippen molar-refractivity contribution in [1.29, 1.82) is 0 Å². The Kier molecular flexibility index (Phi) is 4.06. The molecule has 3 rings (SSSR count). The molecular formula is C17H24N4. The number of nitrogens with zero attached hydrogens (tertiary/aromatic N) is 3. The predicted octanol–water partition coefficient (Wildman–Crippen LogP) is 3.28. The second-order valence-corrected chi connectivity index (χ2v) is 6.23. The Morgan fingerprint density at radius 3 is 2.71 bits per heavy atom. The number of rotatable bonds is 3. The Morgan fingerprint density at radius 1 is 1.14 bits per heavy atom. The topological polar surface area (TPSA) is 42.7 Å². The van der Waals surface area contributed by atoms with Gasteiger partial charge >= 0.3 is 0 Å². The maximum Gasteiger partial charge on any atom is 0.0849 e. The normalized spacial score (nSPS) is 23.2. The molecule has 0 aliphatic carbocycles. The molecule has 1 atom stereocenters. The Labute approximate surface area is 126 Å². The highest BCUT2D eigenvalue weighted by Crippen LogP contribution is 2.37. The van der Waals surface area contributed by atoms with Crippen molar-refractivity contribution in [1.82, 2.24) is 20.3 Å². The van der Waals surface area contributed by atoms with Crippen LogP contribution in [0.25, 0.3) is 5.69 Å². The van der Waals surface area contributed by atoms with E-state index >= 15 is 0 Å². The van der Waals surface area contributed by atoms with E-state index in [-0.39, 0.29) is 5.54 Å². The van der Waals surface area contributed by atoms with Crippen LogP contribution in [0.4, 0.5) is 0 Å². The molecule has 4 nitrogen and oxygen atoms in total. The van der Waals surface area contributed by atoms with Gasteiger partial charge in [-0.2, -0.15) is 0 Å². The van der Waals surface area contributed by atoms with Gasteiger partial charge in [0.15, 0.2) is 0 Å². The maximum absolute atomic E-state index is 4.35. The van der Waals surface area contributed by atoms with Crippen molar-refractivity contribution in [3.8, 4) is 5.69 Å². The molecule has 1 fully saturated rings. The average Bonchev–Trinajstić information content (AvgIpc) is 2.86. The third-order valence-corrected chi connectivity index (χ3v) is 4.68. The van der Waals surface area contributed by atoms with E-state index in [2.05, 4.69) is 41.6 Å². The zero-order valence-electron chi connectivity index (χ0n) is 12.9. The summed E-state index contributed by atoms with van der Waals surface area (Å²) in [7, 11) is 0. The van der Waals surface area contributed by atoms with Crippen molar-refractivity contribution in [3.05, 3.63) is 42.2 Å². The molecule has 0 bridgehead atoms. The third kappa shape index (κ3) is 2.60. The minimum Gasteiger partial charge on any atom is -0.306 e. The van der Waals surface area contributed by atoms with Gasteiger partial charge < -0.3 is 5.32 Å². The quantitative estimate of drug-likeness (QED) is 0.940. The summed E-state index contributed by atoms with van der Waals surface area (Å²) >= 11 is 0. The molecule has 0 radical (unpaired) electrons.